The molecule has 134 valence electrons. The predicted molar refractivity (Wildman–Crippen MR) is 102 cm³/mol. The van der Waals surface area contributed by atoms with E-state index in [1.165, 1.54) is 0 Å². The minimum absolute atomic E-state index is 0.222. The van der Waals surface area contributed by atoms with Crippen LogP contribution in [0, 0.1) is 0 Å². The first-order chi connectivity index (χ1) is 12.5. The zero-order chi connectivity index (χ0) is 18.7. The van der Waals surface area contributed by atoms with E-state index >= 15 is 0 Å². The molecule has 1 N–H and O–H groups in total. The summed E-state index contributed by atoms with van der Waals surface area (Å²) in [7, 11) is 3.48. The van der Waals surface area contributed by atoms with E-state index in [-0.39, 0.29) is 10.9 Å². The second kappa shape index (κ2) is 7.81. The minimum atomic E-state index is -0.455. The lowest BCUT2D eigenvalue weighted by Crippen LogP contribution is -2.31. The molecule has 1 amide bonds. The number of benzene rings is 2. The highest BCUT2D eigenvalue weighted by Crippen LogP contribution is 2.28. The van der Waals surface area contributed by atoms with Crippen LogP contribution in [0.3, 0.4) is 0 Å². The summed E-state index contributed by atoms with van der Waals surface area (Å²) in [4.78, 5) is 17.2. The third-order valence-electron chi connectivity index (χ3n) is 4.04. The molecule has 0 aliphatic heterocycles. The number of carbonyl (C=O) groups excluding carboxylic acids is 1. The second-order valence-electron chi connectivity index (χ2n) is 5.68. The number of hydrogen-bond donors (Lipinski definition) is 1. The number of ether oxygens (including phenoxy) is 1. The van der Waals surface area contributed by atoms with E-state index in [0.717, 1.165) is 11.3 Å². The van der Waals surface area contributed by atoms with Gasteiger partial charge in [0.15, 0.2) is 0 Å². The normalized spacial score (nSPS) is 11.8. The van der Waals surface area contributed by atoms with Crippen LogP contribution >= 0.6 is 23.2 Å². The zero-order valence-corrected chi connectivity index (χ0v) is 15.8. The van der Waals surface area contributed by atoms with Crippen LogP contribution in [-0.2, 0) is 7.05 Å². The lowest BCUT2D eigenvalue weighted by Gasteiger charge is -2.20. The van der Waals surface area contributed by atoms with Gasteiger partial charge in [0.2, 0.25) is 0 Å². The number of aromatic nitrogens is 2. The molecule has 0 radical (unpaired) electrons. The molecule has 3 aromatic rings. The van der Waals surface area contributed by atoms with Gasteiger partial charge in [0.1, 0.15) is 17.6 Å². The van der Waals surface area contributed by atoms with E-state index in [4.69, 9.17) is 27.9 Å². The Balaban J connectivity index is 1.97. The van der Waals surface area contributed by atoms with Crippen molar-refractivity contribution in [3.05, 3.63) is 81.9 Å². The van der Waals surface area contributed by atoms with E-state index in [9.17, 15) is 4.79 Å². The first-order valence-electron chi connectivity index (χ1n) is 7.87. The summed E-state index contributed by atoms with van der Waals surface area (Å²) < 4.78 is 7.06. The van der Waals surface area contributed by atoms with Gasteiger partial charge in [0.25, 0.3) is 5.91 Å². The molecule has 0 aliphatic rings. The van der Waals surface area contributed by atoms with Crippen molar-refractivity contribution in [2.75, 3.05) is 7.11 Å². The maximum absolute atomic E-state index is 12.8. The number of aryl methyl sites for hydroxylation is 1. The van der Waals surface area contributed by atoms with Gasteiger partial charge < -0.3 is 14.6 Å². The summed E-state index contributed by atoms with van der Waals surface area (Å²) in [5, 5.41) is 3.55. The Labute approximate surface area is 161 Å². The van der Waals surface area contributed by atoms with Gasteiger partial charge in [-0.25, -0.2) is 4.98 Å². The topological polar surface area (TPSA) is 56.1 Å². The van der Waals surface area contributed by atoms with Gasteiger partial charge >= 0.3 is 0 Å². The number of nitrogens with zero attached hydrogens (tertiary/aromatic N) is 2. The van der Waals surface area contributed by atoms with E-state index < -0.39 is 6.04 Å². The van der Waals surface area contributed by atoms with E-state index in [1.54, 1.807) is 31.5 Å². The number of hydrogen-bond acceptors (Lipinski definition) is 3. The average Bonchev–Trinajstić information content (AvgIpc) is 3.07. The van der Waals surface area contributed by atoms with Crippen LogP contribution in [0.1, 0.15) is 27.8 Å². The molecule has 1 heterocycles. The summed E-state index contributed by atoms with van der Waals surface area (Å²) in [5.41, 5.74) is 1.18. The van der Waals surface area contributed by atoms with Crippen LogP contribution in [0.25, 0.3) is 0 Å². The van der Waals surface area contributed by atoms with Crippen LogP contribution in [0.5, 0.6) is 5.75 Å². The van der Waals surface area contributed by atoms with Crippen molar-refractivity contribution in [3.8, 4) is 5.75 Å². The summed E-state index contributed by atoms with van der Waals surface area (Å²) >= 11 is 12.2. The third kappa shape index (κ3) is 3.69. The van der Waals surface area contributed by atoms with E-state index in [2.05, 4.69) is 10.3 Å². The first-order valence-corrected chi connectivity index (χ1v) is 8.63. The minimum Gasteiger partial charge on any atom is -0.497 e. The average molecular weight is 390 g/mol. The Morgan fingerprint density at radius 2 is 1.92 bits per heavy atom. The maximum Gasteiger partial charge on any atom is 0.253 e. The zero-order valence-electron chi connectivity index (χ0n) is 14.2. The third-order valence-corrected chi connectivity index (χ3v) is 4.86. The molecule has 7 heteroatoms. The van der Waals surface area contributed by atoms with Crippen LogP contribution in [0.4, 0.5) is 0 Å². The van der Waals surface area contributed by atoms with Crippen molar-refractivity contribution in [1.82, 2.24) is 14.9 Å². The fraction of sp³-hybridized carbons (Fsp3) is 0.158. The number of rotatable bonds is 5. The van der Waals surface area contributed by atoms with Crippen LogP contribution in [0.2, 0.25) is 10.0 Å². The van der Waals surface area contributed by atoms with Crippen molar-refractivity contribution in [3.63, 3.8) is 0 Å². The Morgan fingerprint density at radius 3 is 2.54 bits per heavy atom. The number of halogens is 2. The number of methoxy groups -OCH3 is 1. The molecule has 1 aromatic heterocycles. The van der Waals surface area contributed by atoms with Crippen LogP contribution in [0.15, 0.2) is 54.9 Å². The summed E-state index contributed by atoms with van der Waals surface area (Å²) in [6.07, 6.45) is 3.51. The van der Waals surface area contributed by atoms with Crippen LogP contribution in [-0.4, -0.2) is 22.6 Å². The number of nitrogens with one attached hydrogen (secondary N) is 1. The molecule has 0 spiro atoms. The molecular weight excluding hydrogens is 373 g/mol. The molecule has 0 bridgehead atoms. The van der Waals surface area contributed by atoms with Crippen molar-refractivity contribution < 1.29 is 9.53 Å². The first kappa shape index (κ1) is 18.3. The van der Waals surface area contributed by atoms with Gasteiger partial charge in [0.05, 0.1) is 22.7 Å². The van der Waals surface area contributed by atoms with Crippen molar-refractivity contribution >= 4 is 29.1 Å². The van der Waals surface area contributed by atoms with Crippen molar-refractivity contribution in [1.29, 1.82) is 0 Å². The summed E-state index contributed by atoms with van der Waals surface area (Å²) in [6, 6.07) is 12.0. The molecule has 1 atom stereocenters. The van der Waals surface area contributed by atoms with Gasteiger partial charge in [-0.15, -0.1) is 0 Å². The fourth-order valence-corrected chi connectivity index (χ4v) is 3.02. The van der Waals surface area contributed by atoms with E-state index in [1.807, 2.05) is 42.1 Å². The molecule has 0 fully saturated rings. The number of amides is 1. The molecule has 3 rings (SSSR count). The predicted octanol–water partition coefficient (Wildman–Crippen LogP) is 4.25. The van der Waals surface area contributed by atoms with Gasteiger partial charge in [0, 0.05) is 19.4 Å². The molecule has 5 nitrogen and oxygen atoms in total. The molecule has 0 aliphatic carbocycles. The fourth-order valence-electron chi connectivity index (χ4n) is 2.64. The highest BCUT2D eigenvalue weighted by atomic mass is 35.5. The number of carbonyl (C=O) groups is 1. The number of imidazole rings is 1. The SMILES string of the molecule is COc1ccc(C(NC(=O)c2cccc(Cl)c2Cl)c2nccn2C)cc1. The highest BCUT2D eigenvalue weighted by molar-refractivity contribution is 6.43. The Morgan fingerprint density at radius 1 is 1.19 bits per heavy atom. The lowest BCUT2D eigenvalue weighted by atomic mass is 10.0. The lowest BCUT2D eigenvalue weighted by molar-refractivity contribution is 0.0941. The van der Waals surface area contributed by atoms with Crippen molar-refractivity contribution in [2.24, 2.45) is 7.05 Å². The molecule has 26 heavy (non-hydrogen) atoms. The Hall–Kier alpha value is -2.50. The van der Waals surface area contributed by atoms with Gasteiger partial charge in [-0.1, -0.05) is 41.4 Å². The summed E-state index contributed by atoms with van der Waals surface area (Å²) in [5.74, 6) is 1.10. The molecule has 0 saturated carbocycles. The smallest absolute Gasteiger partial charge is 0.253 e. The molecular formula is C19H17Cl2N3O2. The molecule has 1 unspecified atom stereocenters. The maximum atomic E-state index is 12.8. The van der Waals surface area contributed by atoms with Gasteiger partial charge in [-0.05, 0) is 29.8 Å². The van der Waals surface area contributed by atoms with Gasteiger partial charge in [-0.3, -0.25) is 4.79 Å². The van der Waals surface area contributed by atoms with E-state index in [0.29, 0.717) is 16.4 Å². The molecule has 2 aromatic carbocycles. The second-order valence-corrected chi connectivity index (χ2v) is 6.46. The standard InChI is InChI=1S/C19H17Cl2N3O2/c1-24-11-10-22-18(24)17(12-6-8-13(26-2)9-7-12)23-19(25)14-4-3-5-15(20)16(14)21/h3-11,17H,1-2H3,(H,23,25). The Kier molecular flexibility index (Phi) is 5.49. The molecule has 0 saturated heterocycles. The summed E-state index contributed by atoms with van der Waals surface area (Å²) in [6.45, 7) is 0. The monoisotopic (exact) mass is 389 g/mol. The van der Waals surface area contributed by atoms with Gasteiger partial charge in [-0.2, -0.15) is 0 Å². The Bertz CT molecular complexity index is 923. The highest BCUT2D eigenvalue weighted by Gasteiger charge is 2.23. The quantitative estimate of drug-likeness (QED) is 0.709. The van der Waals surface area contributed by atoms with Crippen molar-refractivity contribution in [2.45, 2.75) is 6.04 Å². The largest absolute Gasteiger partial charge is 0.497 e. The van der Waals surface area contributed by atoms with Crippen LogP contribution < -0.4 is 10.1 Å².